The Labute approximate surface area is 174 Å². The number of hydrogen-bond acceptors (Lipinski definition) is 7. The quantitative estimate of drug-likeness (QED) is 0.566. The first-order chi connectivity index (χ1) is 13.7. The maximum Gasteiger partial charge on any atom is 0.234 e. The third-order valence-corrected chi connectivity index (χ3v) is 7.33. The van der Waals surface area contributed by atoms with Gasteiger partial charge in [0.05, 0.1) is 5.75 Å². The Bertz CT molecular complexity index is 953. The minimum absolute atomic E-state index is 0.0176. The SMILES string of the molecule is O=C(CSc1nnc(Nc2ccccc2)s1)N1CCS[C@@H]1c1ccccc1F. The van der Waals surface area contributed by atoms with E-state index in [-0.39, 0.29) is 22.9 Å². The van der Waals surface area contributed by atoms with E-state index in [0.29, 0.717) is 17.2 Å². The average molecular weight is 433 g/mol. The maximum absolute atomic E-state index is 14.1. The summed E-state index contributed by atoms with van der Waals surface area (Å²) >= 11 is 4.36. The van der Waals surface area contributed by atoms with E-state index in [1.54, 1.807) is 34.9 Å². The van der Waals surface area contributed by atoms with Crippen molar-refractivity contribution < 1.29 is 9.18 Å². The highest BCUT2D eigenvalue weighted by atomic mass is 32.2. The summed E-state index contributed by atoms with van der Waals surface area (Å²) in [5.74, 6) is 0.773. The molecule has 0 radical (unpaired) electrons. The summed E-state index contributed by atoms with van der Waals surface area (Å²) in [6, 6.07) is 16.4. The minimum atomic E-state index is -0.270. The van der Waals surface area contributed by atoms with Gasteiger partial charge in [0, 0.05) is 23.5 Å². The summed E-state index contributed by atoms with van der Waals surface area (Å²) in [4.78, 5) is 14.5. The highest BCUT2D eigenvalue weighted by Gasteiger charge is 2.32. The zero-order valence-corrected chi connectivity index (χ0v) is 17.2. The summed E-state index contributed by atoms with van der Waals surface area (Å²) in [5, 5.41) is 11.9. The van der Waals surface area contributed by atoms with Gasteiger partial charge in [-0.3, -0.25) is 4.79 Å². The molecule has 2 heterocycles. The van der Waals surface area contributed by atoms with Crippen LogP contribution in [0.5, 0.6) is 0 Å². The Morgan fingerprint density at radius 3 is 2.79 bits per heavy atom. The fourth-order valence-corrected chi connectivity index (χ4v) is 5.79. The van der Waals surface area contributed by atoms with Crippen LogP contribution >= 0.6 is 34.9 Å². The second kappa shape index (κ2) is 8.93. The van der Waals surface area contributed by atoms with Crippen molar-refractivity contribution in [1.82, 2.24) is 15.1 Å². The molecule has 1 aliphatic rings. The van der Waals surface area contributed by atoms with Crippen molar-refractivity contribution in [3.05, 3.63) is 66.0 Å². The first-order valence-corrected chi connectivity index (χ1v) is 11.5. The van der Waals surface area contributed by atoms with Gasteiger partial charge in [0.25, 0.3) is 0 Å². The molecule has 0 bridgehead atoms. The molecule has 0 aliphatic carbocycles. The lowest BCUT2D eigenvalue weighted by Crippen LogP contribution is -2.32. The monoisotopic (exact) mass is 432 g/mol. The fourth-order valence-electron chi connectivity index (χ4n) is 2.83. The average Bonchev–Trinajstić information content (AvgIpc) is 3.37. The van der Waals surface area contributed by atoms with Crippen LogP contribution in [0.25, 0.3) is 0 Å². The number of aromatic nitrogens is 2. The van der Waals surface area contributed by atoms with Gasteiger partial charge in [0.1, 0.15) is 11.2 Å². The molecule has 5 nitrogen and oxygen atoms in total. The fraction of sp³-hybridized carbons (Fsp3) is 0.211. The van der Waals surface area contributed by atoms with E-state index in [0.717, 1.165) is 15.8 Å². The molecule has 3 aromatic rings. The van der Waals surface area contributed by atoms with E-state index in [9.17, 15) is 9.18 Å². The molecule has 0 spiro atoms. The molecule has 1 fully saturated rings. The maximum atomic E-state index is 14.1. The minimum Gasteiger partial charge on any atom is -0.330 e. The van der Waals surface area contributed by atoms with Gasteiger partial charge in [-0.25, -0.2) is 4.39 Å². The van der Waals surface area contributed by atoms with Crippen molar-refractivity contribution in [1.29, 1.82) is 0 Å². The number of carbonyl (C=O) groups excluding carboxylic acids is 1. The first kappa shape index (κ1) is 19.2. The summed E-state index contributed by atoms with van der Waals surface area (Å²) in [6.07, 6.45) is 0. The number of benzene rings is 2. The molecule has 1 aliphatic heterocycles. The molecule has 9 heteroatoms. The number of nitrogens with one attached hydrogen (secondary N) is 1. The summed E-state index contributed by atoms with van der Waals surface area (Å²) in [7, 11) is 0. The summed E-state index contributed by atoms with van der Waals surface area (Å²) < 4.78 is 14.9. The zero-order valence-electron chi connectivity index (χ0n) is 14.7. The molecule has 144 valence electrons. The van der Waals surface area contributed by atoms with Crippen molar-refractivity contribution >= 4 is 51.6 Å². The zero-order chi connectivity index (χ0) is 19.3. The number of nitrogens with zero attached hydrogens (tertiary/aromatic N) is 3. The third-order valence-electron chi connectivity index (χ3n) is 4.13. The van der Waals surface area contributed by atoms with Gasteiger partial charge >= 0.3 is 0 Å². The van der Waals surface area contributed by atoms with Gasteiger partial charge in [0.15, 0.2) is 4.34 Å². The van der Waals surface area contributed by atoms with Crippen LogP contribution in [0, 0.1) is 5.82 Å². The Balaban J connectivity index is 1.36. The molecule has 1 amide bonds. The molecule has 1 aromatic heterocycles. The van der Waals surface area contributed by atoms with Crippen molar-refractivity contribution in [3.63, 3.8) is 0 Å². The molecule has 0 saturated carbocycles. The lowest BCUT2D eigenvalue weighted by Gasteiger charge is -2.24. The van der Waals surface area contributed by atoms with E-state index in [1.807, 2.05) is 30.3 Å². The van der Waals surface area contributed by atoms with Gasteiger partial charge in [-0.15, -0.1) is 22.0 Å². The Kier molecular flexibility index (Phi) is 6.13. The van der Waals surface area contributed by atoms with Gasteiger partial charge in [-0.1, -0.05) is 59.5 Å². The number of anilines is 2. The van der Waals surface area contributed by atoms with Crippen LogP contribution in [-0.2, 0) is 4.79 Å². The van der Waals surface area contributed by atoms with Crippen LogP contribution in [0.1, 0.15) is 10.9 Å². The number of hydrogen-bond donors (Lipinski definition) is 1. The predicted molar refractivity (Wildman–Crippen MR) is 114 cm³/mol. The molecule has 1 saturated heterocycles. The Hall–Kier alpha value is -2.10. The summed E-state index contributed by atoms with van der Waals surface area (Å²) in [5.41, 5.74) is 1.50. The van der Waals surface area contributed by atoms with Gasteiger partial charge in [-0.2, -0.15) is 0 Å². The van der Waals surface area contributed by atoms with Gasteiger partial charge in [-0.05, 0) is 18.2 Å². The molecule has 28 heavy (non-hydrogen) atoms. The molecule has 1 atom stereocenters. The standard InChI is InChI=1S/C19H17FN4OS3/c20-15-9-5-4-8-14(15)17-24(10-11-26-17)16(25)12-27-19-23-22-18(28-19)21-13-6-2-1-3-7-13/h1-9,17H,10-12H2,(H,21,22)/t17-/m1/s1. The summed E-state index contributed by atoms with van der Waals surface area (Å²) in [6.45, 7) is 0.625. The predicted octanol–water partition coefficient (Wildman–Crippen LogP) is 4.79. The molecule has 4 rings (SSSR count). The van der Waals surface area contributed by atoms with Crippen molar-refractivity contribution in [2.24, 2.45) is 0 Å². The van der Waals surface area contributed by atoms with Crippen LogP contribution in [0.15, 0.2) is 58.9 Å². The van der Waals surface area contributed by atoms with Crippen molar-refractivity contribution in [3.8, 4) is 0 Å². The van der Waals surface area contributed by atoms with E-state index < -0.39 is 0 Å². The number of halogens is 1. The van der Waals surface area contributed by atoms with Crippen LogP contribution in [-0.4, -0.2) is 39.1 Å². The van der Waals surface area contributed by atoms with E-state index in [2.05, 4.69) is 15.5 Å². The molecule has 1 N–H and O–H groups in total. The van der Waals surface area contributed by atoms with E-state index in [1.165, 1.54) is 29.2 Å². The topological polar surface area (TPSA) is 58.1 Å². The highest BCUT2D eigenvalue weighted by Crippen LogP contribution is 2.39. The number of carbonyl (C=O) groups is 1. The normalized spacial score (nSPS) is 16.3. The highest BCUT2D eigenvalue weighted by molar-refractivity contribution is 8.01. The third kappa shape index (κ3) is 4.48. The van der Waals surface area contributed by atoms with E-state index in [4.69, 9.17) is 0 Å². The largest absolute Gasteiger partial charge is 0.330 e. The molecule has 0 unspecified atom stereocenters. The number of para-hydroxylation sites is 1. The van der Waals surface area contributed by atoms with Crippen LogP contribution < -0.4 is 5.32 Å². The smallest absolute Gasteiger partial charge is 0.234 e. The lowest BCUT2D eigenvalue weighted by molar-refractivity contribution is -0.128. The molecule has 2 aromatic carbocycles. The Morgan fingerprint density at radius 2 is 1.96 bits per heavy atom. The second-order valence-electron chi connectivity index (χ2n) is 5.98. The van der Waals surface area contributed by atoms with Crippen LogP contribution in [0.3, 0.4) is 0 Å². The number of rotatable bonds is 6. The molecular weight excluding hydrogens is 415 g/mol. The second-order valence-corrected chi connectivity index (χ2v) is 9.37. The van der Waals surface area contributed by atoms with Crippen LogP contribution in [0.2, 0.25) is 0 Å². The first-order valence-electron chi connectivity index (χ1n) is 8.64. The van der Waals surface area contributed by atoms with Crippen molar-refractivity contribution in [2.75, 3.05) is 23.4 Å². The molecular formula is C19H17FN4OS3. The number of thioether (sulfide) groups is 2. The van der Waals surface area contributed by atoms with Gasteiger partial charge < -0.3 is 10.2 Å². The van der Waals surface area contributed by atoms with Crippen molar-refractivity contribution in [2.45, 2.75) is 9.71 Å². The lowest BCUT2D eigenvalue weighted by atomic mass is 10.2. The number of amides is 1. The van der Waals surface area contributed by atoms with Gasteiger partial charge in [0.2, 0.25) is 11.0 Å². The Morgan fingerprint density at radius 1 is 1.18 bits per heavy atom. The van der Waals surface area contributed by atoms with Crippen LogP contribution in [0.4, 0.5) is 15.2 Å². The van der Waals surface area contributed by atoms with E-state index >= 15 is 0 Å².